The molecule has 0 unspecified atom stereocenters. The molecular formula is C26H34N6O2. The van der Waals surface area contributed by atoms with E-state index in [0.717, 1.165) is 81.5 Å². The van der Waals surface area contributed by atoms with E-state index in [1.165, 1.54) is 5.69 Å². The van der Waals surface area contributed by atoms with Crippen LogP contribution in [0.25, 0.3) is 10.8 Å². The van der Waals surface area contributed by atoms with Gasteiger partial charge in [-0.2, -0.15) is 0 Å². The molecule has 2 aromatic heterocycles. The lowest BCUT2D eigenvalue weighted by Crippen LogP contribution is -2.46. The van der Waals surface area contributed by atoms with Crippen LogP contribution in [-0.4, -0.2) is 73.5 Å². The summed E-state index contributed by atoms with van der Waals surface area (Å²) in [5, 5.41) is 5.04. The number of rotatable bonds is 5. The SMILES string of the molecule is CCN1CCN(c2cc3ccn(C)c(=O)c3c(Nc3ccc(N4CCOCC4)cc3C)n2)CC1. The van der Waals surface area contributed by atoms with Crippen molar-refractivity contribution in [1.29, 1.82) is 0 Å². The Morgan fingerprint density at radius 2 is 1.76 bits per heavy atom. The highest BCUT2D eigenvalue weighted by molar-refractivity contribution is 5.95. The quantitative estimate of drug-likeness (QED) is 0.625. The maximum Gasteiger partial charge on any atom is 0.261 e. The van der Waals surface area contributed by atoms with Crippen LogP contribution < -0.4 is 20.7 Å². The standard InChI is InChI=1S/C26H34N6O2/c1-4-30-9-11-32(12-10-30)23-18-20-7-8-29(3)26(33)24(20)25(28-23)27-22-6-5-21(17-19(22)2)31-13-15-34-16-14-31/h5-8,17-18H,4,9-16H2,1-3H3,(H,27,28). The summed E-state index contributed by atoms with van der Waals surface area (Å²) in [5.41, 5.74) is 3.23. The molecule has 1 N–H and O–H groups in total. The highest BCUT2D eigenvalue weighted by Gasteiger charge is 2.20. The Bertz CT molecular complexity index is 1230. The number of hydrogen-bond donors (Lipinski definition) is 1. The van der Waals surface area contributed by atoms with Gasteiger partial charge in [-0.3, -0.25) is 4.79 Å². The normalized spacial score (nSPS) is 17.4. The van der Waals surface area contributed by atoms with Crippen LogP contribution in [0, 0.1) is 6.92 Å². The molecule has 0 aliphatic carbocycles. The van der Waals surface area contributed by atoms with Gasteiger partial charge in [0.1, 0.15) is 11.6 Å². The summed E-state index contributed by atoms with van der Waals surface area (Å²) < 4.78 is 7.10. The Hall–Kier alpha value is -3.10. The average molecular weight is 463 g/mol. The van der Waals surface area contributed by atoms with Gasteiger partial charge in [0.05, 0.1) is 18.6 Å². The number of benzene rings is 1. The summed E-state index contributed by atoms with van der Waals surface area (Å²) in [6.45, 7) is 12.6. The molecule has 4 heterocycles. The Morgan fingerprint density at radius 3 is 2.47 bits per heavy atom. The van der Waals surface area contributed by atoms with Crippen molar-refractivity contribution < 1.29 is 4.74 Å². The van der Waals surface area contributed by atoms with Crippen LogP contribution >= 0.6 is 0 Å². The maximum atomic E-state index is 13.1. The Morgan fingerprint density at radius 1 is 1.00 bits per heavy atom. The molecule has 0 radical (unpaired) electrons. The van der Waals surface area contributed by atoms with E-state index in [1.54, 1.807) is 11.6 Å². The lowest BCUT2D eigenvalue weighted by atomic mass is 10.1. The molecule has 3 aromatic rings. The monoisotopic (exact) mass is 462 g/mol. The molecule has 8 heteroatoms. The van der Waals surface area contributed by atoms with Crippen LogP contribution in [0.5, 0.6) is 0 Å². The lowest BCUT2D eigenvalue weighted by Gasteiger charge is -2.35. The van der Waals surface area contributed by atoms with Crippen LogP contribution in [0.1, 0.15) is 12.5 Å². The van der Waals surface area contributed by atoms with Gasteiger partial charge >= 0.3 is 0 Å². The maximum absolute atomic E-state index is 13.1. The number of aromatic nitrogens is 2. The highest BCUT2D eigenvalue weighted by atomic mass is 16.5. The molecule has 0 bridgehead atoms. The number of aryl methyl sites for hydroxylation is 2. The van der Waals surface area contributed by atoms with Gasteiger partial charge in [0.2, 0.25) is 0 Å². The van der Waals surface area contributed by atoms with Crippen molar-refractivity contribution in [3.63, 3.8) is 0 Å². The van der Waals surface area contributed by atoms with Crippen LogP contribution in [0.2, 0.25) is 0 Å². The molecule has 8 nitrogen and oxygen atoms in total. The van der Waals surface area contributed by atoms with Crippen molar-refractivity contribution in [3.05, 3.63) is 52.4 Å². The number of fused-ring (bicyclic) bond motifs is 1. The third kappa shape index (κ3) is 4.48. The molecule has 5 rings (SSSR count). The fraction of sp³-hybridized carbons (Fsp3) is 0.462. The number of likely N-dealkylation sites (N-methyl/N-ethyl adjacent to an activating group) is 1. The zero-order valence-electron chi connectivity index (χ0n) is 20.4. The molecule has 0 spiro atoms. The molecule has 34 heavy (non-hydrogen) atoms. The van der Waals surface area contributed by atoms with Crippen molar-refractivity contribution in [2.45, 2.75) is 13.8 Å². The molecule has 180 valence electrons. The Kier molecular flexibility index (Phi) is 6.43. The fourth-order valence-corrected chi connectivity index (χ4v) is 4.82. The first-order valence-corrected chi connectivity index (χ1v) is 12.2. The van der Waals surface area contributed by atoms with E-state index in [0.29, 0.717) is 11.2 Å². The van der Waals surface area contributed by atoms with Gasteiger partial charge in [-0.25, -0.2) is 4.98 Å². The number of anilines is 4. The van der Waals surface area contributed by atoms with Crippen LogP contribution in [0.4, 0.5) is 23.0 Å². The Balaban J connectivity index is 1.50. The predicted octanol–water partition coefficient (Wildman–Crippen LogP) is 2.96. The van der Waals surface area contributed by atoms with E-state index in [1.807, 2.05) is 12.3 Å². The van der Waals surface area contributed by atoms with Gasteiger partial charge in [-0.05, 0) is 54.8 Å². The lowest BCUT2D eigenvalue weighted by molar-refractivity contribution is 0.122. The van der Waals surface area contributed by atoms with Crippen molar-refractivity contribution >= 4 is 33.8 Å². The first kappa shape index (κ1) is 22.7. The summed E-state index contributed by atoms with van der Waals surface area (Å²) in [6, 6.07) is 10.5. The summed E-state index contributed by atoms with van der Waals surface area (Å²) in [7, 11) is 1.78. The summed E-state index contributed by atoms with van der Waals surface area (Å²) in [6.07, 6.45) is 1.83. The van der Waals surface area contributed by atoms with Crippen LogP contribution in [-0.2, 0) is 11.8 Å². The summed E-state index contributed by atoms with van der Waals surface area (Å²) in [5.74, 6) is 1.54. The number of morpholine rings is 1. The summed E-state index contributed by atoms with van der Waals surface area (Å²) >= 11 is 0. The van der Waals surface area contributed by atoms with Crippen molar-refractivity contribution in [3.8, 4) is 0 Å². The molecule has 2 aliphatic rings. The van der Waals surface area contributed by atoms with Crippen molar-refractivity contribution in [2.75, 3.05) is 74.1 Å². The molecule has 2 aliphatic heterocycles. The largest absolute Gasteiger partial charge is 0.378 e. The topological polar surface area (TPSA) is 65.9 Å². The molecule has 0 amide bonds. The number of ether oxygens (including phenoxy) is 1. The average Bonchev–Trinajstić information content (AvgIpc) is 2.88. The number of piperazine rings is 1. The Labute approximate surface area is 200 Å². The van der Waals surface area contributed by atoms with Crippen LogP contribution in [0.3, 0.4) is 0 Å². The van der Waals surface area contributed by atoms with E-state index >= 15 is 0 Å². The molecular weight excluding hydrogens is 428 g/mol. The summed E-state index contributed by atoms with van der Waals surface area (Å²) in [4.78, 5) is 25.2. The van der Waals surface area contributed by atoms with Gasteiger partial charge in [0.15, 0.2) is 0 Å². The second kappa shape index (κ2) is 9.64. The van der Waals surface area contributed by atoms with E-state index in [-0.39, 0.29) is 5.56 Å². The first-order chi connectivity index (χ1) is 16.5. The third-order valence-corrected chi connectivity index (χ3v) is 7.03. The number of hydrogen-bond acceptors (Lipinski definition) is 7. The molecule has 0 atom stereocenters. The first-order valence-electron chi connectivity index (χ1n) is 12.2. The van der Waals surface area contributed by atoms with Crippen LogP contribution in [0.15, 0.2) is 41.3 Å². The minimum absolute atomic E-state index is 0.0440. The van der Waals surface area contributed by atoms with Gasteiger partial charge in [0.25, 0.3) is 5.56 Å². The van der Waals surface area contributed by atoms with Gasteiger partial charge in [-0.15, -0.1) is 0 Å². The fourth-order valence-electron chi connectivity index (χ4n) is 4.82. The van der Waals surface area contributed by atoms with Gasteiger partial charge < -0.3 is 29.3 Å². The van der Waals surface area contributed by atoms with E-state index < -0.39 is 0 Å². The second-order valence-corrected chi connectivity index (χ2v) is 9.17. The van der Waals surface area contributed by atoms with E-state index in [9.17, 15) is 4.79 Å². The highest BCUT2D eigenvalue weighted by Crippen LogP contribution is 2.30. The smallest absolute Gasteiger partial charge is 0.261 e. The number of nitrogens with zero attached hydrogens (tertiary/aromatic N) is 5. The number of pyridine rings is 2. The van der Waals surface area contributed by atoms with Gasteiger partial charge in [0, 0.05) is 63.9 Å². The molecule has 1 aromatic carbocycles. The molecule has 2 saturated heterocycles. The molecule has 2 fully saturated rings. The molecule has 0 saturated carbocycles. The zero-order chi connectivity index (χ0) is 23.7. The van der Waals surface area contributed by atoms with Crippen molar-refractivity contribution in [1.82, 2.24) is 14.5 Å². The van der Waals surface area contributed by atoms with Gasteiger partial charge in [-0.1, -0.05) is 6.92 Å². The van der Waals surface area contributed by atoms with E-state index in [4.69, 9.17) is 9.72 Å². The minimum Gasteiger partial charge on any atom is -0.378 e. The third-order valence-electron chi connectivity index (χ3n) is 7.03. The predicted molar refractivity (Wildman–Crippen MR) is 139 cm³/mol. The number of nitrogens with one attached hydrogen (secondary N) is 1. The zero-order valence-corrected chi connectivity index (χ0v) is 20.4. The van der Waals surface area contributed by atoms with Crippen molar-refractivity contribution in [2.24, 2.45) is 7.05 Å². The van der Waals surface area contributed by atoms with E-state index in [2.05, 4.69) is 58.1 Å². The second-order valence-electron chi connectivity index (χ2n) is 9.17. The minimum atomic E-state index is -0.0440.